The zero-order valence-electron chi connectivity index (χ0n) is 31.8. The van der Waals surface area contributed by atoms with Gasteiger partial charge in [0.1, 0.15) is 0 Å². The molecule has 1 aromatic heterocycles. The van der Waals surface area contributed by atoms with Crippen molar-refractivity contribution in [2.75, 3.05) is 0 Å². The molecule has 11 rings (SSSR count). The molecule has 0 saturated heterocycles. The molecule has 2 saturated carbocycles. The van der Waals surface area contributed by atoms with Gasteiger partial charge >= 0.3 is 0 Å². The van der Waals surface area contributed by atoms with Gasteiger partial charge in [0, 0.05) is 16.7 Å². The normalized spacial score (nSPS) is 22.1. The summed E-state index contributed by atoms with van der Waals surface area (Å²) in [6, 6.07) is 52.5. The summed E-state index contributed by atoms with van der Waals surface area (Å²) in [7, 11) is 0. The standard InChI is InChI=1S/C52H42N4/c1-32-23-35-24-33(2)29-51(28-32,30-35)39-20-22-43-42-21-19-38(26-46(42)52(47(43)27-39)44-17-8-6-15-40(44)41-16-7-9-18-45(41)52)50-55-48(36-12-4-3-5-13-36)54-49(56-50)37-14-10-11-34(25-37)31-53/h3-22,25-27,32-33,35H,23-24,28-30H2,1-2H3/t32-,33+,35?,51?. The number of fused-ring (bicyclic) bond motifs is 12. The van der Waals surface area contributed by atoms with E-state index in [2.05, 4.69) is 105 Å². The van der Waals surface area contributed by atoms with E-state index in [4.69, 9.17) is 15.0 Å². The summed E-state index contributed by atoms with van der Waals surface area (Å²) in [6.07, 6.45) is 6.58. The zero-order valence-corrected chi connectivity index (χ0v) is 31.8. The van der Waals surface area contributed by atoms with Gasteiger partial charge in [-0.3, -0.25) is 0 Å². The van der Waals surface area contributed by atoms with Gasteiger partial charge < -0.3 is 0 Å². The van der Waals surface area contributed by atoms with Crippen molar-refractivity contribution in [3.63, 3.8) is 0 Å². The van der Waals surface area contributed by atoms with Crippen LogP contribution in [0, 0.1) is 29.1 Å². The lowest BCUT2D eigenvalue weighted by Gasteiger charge is -2.50. The lowest BCUT2D eigenvalue weighted by Crippen LogP contribution is -2.42. The number of nitrogens with zero attached hydrogens (tertiary/aromatic N) is 4. The van der Waals surface area contributed by atoms with E-state index in [-0.39, 0.29) is 5.41 Å². The molecule has 56 heavy (non-hydrogen) atoms. The average molecular weight is 723 g/mol. The second-order valence-corrected chi connectivity index (χ2v) is 17.2. The van der Waals surface area contributed by atoms with Crippen molar-refractivity contribution in [2.24, 2.45) is 17.8 Å². The largest absolute Gasteiger partial charge is 0.208 e. The summed E-state index contributed by atoms with van der Waals surface area (Å²) >= 11 is 0. The van der Waals surface area contributed by atoms with Gasteiger partial charge in [-0.05, 0) is 124 Å². The SMILES string of the molecule is C[C@@H]1CC2C[C@H](C)CC(c3ccc4c(c3)C3(c5ccccc5-c5ccccc53)c3cc(-c5nc(-c6ccccc6)nc(-c6cccc(C#N)c6)n5)ccc3-4)(C2)C1. The van der Waals surface area contributed by atoms with Crippen LogP contribution in [0.5, 0.6) is 0 Å². The third-order valence-corrected chi connectivity index (χ3v) is 13.5. The first-order valence-corrected chi connectivity index (χ1v) is 20.3. The minimum absolute atomic E-state index is 0.214. The molecule has 0 radical (unpaired) electrons. The molecular formula is C52H42N4. The summed E-state index contributed by atoms with van der Waals surface area (Å²) in [5.41, 5.74) is 15.0. The molecule has 6 aromatic carbocycles. The smallest absolute Gasteiger partial charge is 0.164 e. The number of hydrogen-bond acceptors (Lipinski definition) is 4. The Morgan fingerprint density at radius 2 is 1.04 bits per heavy atom. The quantitative estimate of drug-likeness (QED) is 0.181. The minimum Gasteiger partial charge on any atom is -0.208 e. The number of rotatable bonds is 4. The van der Waals surface area contributed by atoms with E-state index in [0.29, 0.717) is 23.0 Å². The van der Waals surface area contributed by atoms with Gasteiger partial charge in [-0.15, -0.1) is 0 Å². The van der Waals surface area contributed by atoms with Gasteiger partial charge in [0.05, 0.1) is 17.0 Å². The highest BCUT2D eigenvalue weighted by molar-refractivity contribution is 5.96. The third kappa shape index (κ3) is 4.86. The molecule has 4 heteroatoms. The summed E-state index contributed by atoms with van der Waals surface area (Å²) in [6.45, 7) is 4.98. The Kier molecular flexibility index (Phi) is 7.36. The van der Waals surface area contributed by atoms with Crippen LogP contribution in [0.15, 0.2) is 140 Å². The molecule has 2 bridgehead atoms. The maximum atomic E-state index is 9.73. The predicted octanol–water partition coefficient (Wildman–Crippen LogP) is 12.2. The Morgan fingerprint density at radius 3 is 1.70 bits per heavy atom. The molecule has 2 fully saturated rings. The second-order valence-electron chi connectivity index (χ2n) is 17.2. The lowest BCUT2D eigenvalue weighted by atomic mass is 9.54. The van der Waals surface area contributed by atoms with E-state index < -0.39 is 5.41 Å². The van der Waals surface area contributed by atoms with Crippen LogP contribution in [0.25, 0.3) is 56.4 Å². The molecule has 270 valence electrons. The van der Waals surface area contributed by atoms with E-state index >= 15 is 0 Å². The van der Waals surface area contributed by atoms with Crippen LogP contribution in [-0.4, -0.2) is 15.0 Å². The van der Waals surface area contributed by atoms with Crippen molar-refractivity contribution in [3.8, 4) is 62.5 Å². The van der Waals surface area contributed by atoms with E-state index in [9.17, 15) is 5.26 Å². The molecule has 4 atom stereocenters. The summed E-state index contributed by atoms with van der Waals surface area (Å²) in [5.74, 6) is 4.06. The molecule has 0 N–H and O–H groups in total. The maximum Gasteiger partial charge on any atom is 0.164 e. The number of nitriles is 1. The van der Waals surface area contributed by atoms with Crippen LogP contribution in [0.1, 0.15) is 79.3 Å². The number of hydrogen-bond donors (Lipinski definition) is 0. The van der Waals surface area contributed by atoms with Crippen LogP contribution in [-0.2, 0) is 10.8 Å². The molecule has 1 heterocycles. The Labute approximate surface area is 329 Å². The van der Waals surface area contributed by atoms with E-state index in [1.54, 1.807) is 0 Å². The minimum atomic E-state index is -0.486. The average Bonchev–Trinajstić information content (AvgIpc) is 3.70. The van der Waals surface area contributed by atoms with Crippen LogP contribution < -0.4 is 0 Å². The van der Waals surface area contributed by atoms with Crippen molar-refractivity contribution >= 4 is 0 Å². The second kappa shape index (κ2) is 12.4. The van der Waals surface area contributed by atoms with Crippen molar-refractivity contribution in [1.29, 1.82) is 5.26 Å². The predicted molar refractivity (Wildman–Crippen MR) is 224 cm³/mol. The van der Waals surface area contributed by atoms with Gasteiger partial charge in [0.2, 0.25) is 0 Å². The van der Waals surface area contributed by atoms with Crippen LogP contribution in [0.2, 0.25) is 0 Å². The zero-order chi connectivity index (χ0) is 37.6. The fraction of sp³-hybridized carbons (Fsp3) is 0.231. The molecule has 7 aromatic rings. The highest BCUT2D eigenvalue weighted by Gasteiger charge is 2.53. The fourth-order valence-electron chi connectivity index (χ4n) is 11.7. The van der Waals surface area contributed by atoms with Gasteiger partial charge in [0.25, 0.3) is 0 Å². The van der Waals surface area contributed by atoms with E-state index in [1.807, 2.05) is 54.6 Å². The first-order chi connectivity index (χ1) is 27.4. The van der Waals surface area contributed by atoms with Gasteiger partial charge in [0.15, 0.2) is 17.5 Å². The molecule has 2 unspecified atom stereocenters. The number of benzene rings is 6. The van der Waals surface area contributed by atoms with Crippen LogP contribution in [0.4, 0.5) is 0 Å². The Morgan fingerprint density at radius 1 is 0.500 bits per heavy atom. The molecule has 1 spiro atoms. The Balaban J connectivity index is 1.15. The van der Waals surface area contributed by atoms with Crippen molar-refractivity contribution in [1.82, 2.24) is 15.0 Å². The first kappa shape index (κ1) is 33.2. The third-order valence-electron chi connectivity index (χ3n) is 13.5. The molecule has 4 aliphatic rings. The first-order valence-electron chi connectivity index (χ1n) is 20.3. The van der Waals surface area contributed by atoms with Gasteiger partial charge in [-0.2, -0.15) is 5.26 Å². The Bertz CT molecular complexity index is 2690. The highest BCUT2D eigenvalue weighted by Crippen LogP contribution is 2.64. The molecule has 0 amide bonds. The molecule has 0 aliphatic heterocycles. The van der Waals surface area contributed by atoms with Gasteiger partial charge in [-0.25, -0.2) is 15.0 Å². The van der Waals surface area contributed by atoms with Crippen molar-refractivity contribution in [3.05, 3.63) is 173 Å². The van der Waals surface area contributed by atoms with Crippen LogP contribution >= 0.6 is 0 Å². The summed E-state index contributed by atoms with van der Waals surface area (Å²) in [5, 5.41) is 9.73. The number of aromatic nitrogens is 3. The highest BCUT2D eigenvalue weighted by atomic mass is 15.0. The summed E-state index contributed by atoms with van der Waals surface area (Å²) in [4.78, 5) is 15.3. The van der Waals surface area contributed by atoms with Crippen molar-refractivity contribution in [2.45, 2.75) is 56.8 Å². The van der Waals surface area contributed by atoms with Gasteiger partial charge in [-0.1, -0.05) is 135 Å². The topological polar surface area (TPSA) is 62.5 Å². The molecule has 4 aliphatic carbocycles. The molecular weight excluding hydrogens is 681 g/mol. The van der Waals surface area contributed by atoms with E-state index in [0.717, 1.165) is 34.4 Å². The summed E-state index contributed by atoms with van der Waals surface area (Å²) < 4.78 is 0. The van der Waals surface area contributed by atoms with Crippen molar-refractivity contribution < 1.29 is 0 Å². The molecule has 4 nitrogen and oxygen atoms in total. The fourth-order valence-corrected chi connectivity index (χ4v) is 11.7. The lowest BCUT2D eigenvalue weighted by molar-refractivity contribution is 0.0780. The maximum absolute atomic E-state index is 9.73. The van der Waals surface area contributed by atoms with Crippen LogP contribution in [0.3, 0.4) is 0 Å². The monoisotopic (exact) mass is 722 g/mol. The van der Waals surface area contributed by atoms with E-state index in [1.165, 1.54) is 82.2 Å². The Hall–Kier alpha value is -6.18.